The highest BCUT2D eigenvalue weighted by atomic mass is 19.1. The summed E-state index contributed by atoms with van der Waals surface area (Å²) in [7, 11) is 3.64. The molecule has 0 spiro atoms. The van der Waals surface area contributed by atoms with Crippen LogP contribution in [0, 0.1) is 5.82 Å². The van der Waals surface area contributed by atoms with E-state index >= 15 is 0 Å². The Labute approximate surface area is 149 Å². The number of guanidine groups is 1. The van der Waals surface area contributed by atoms with E-state index in [1.165, 1.54) is 18.6 Å². The number of nitrogens with zero attached hydrogens (tertiary/aromatic N) is 3. The number of halogens is 1. The molecule has 1 N–H and O–H groups in total. The molecule has 1 amide bonds. The first-order valence-corrected chi connectivity index (χ1v) is 8.97. The lowest BCUT2D eigenvalue weighted by molar-refractivity contribution is -0.134. The summed E-state index contributed by atoms with van der Waals surface area (Å²) in [6.07, 6.45) is 3.88. The highest BCUT2D eigenvalue weighted by molar-refractivity contribution is 5.81. The lowest BCUT2D eigenvalue weighted by atomic mass is 10.0. The molecule has 0 saturated carbocycles. The van der Waals surface area contributed by atoms with Gasteiger partial charge in [-0.2, -0.15) is 0 Å². The normalized spacial score (nSPS) is 18.2. The zero-order valence-corrected chi connectivity index (χ0v) is 15.5. The van der Waals surface area contributed by atoms with E-state index in [2.05, 4.69) is 17.2 Å². The number of hydrogen-bond donors (Lipinski definition) is 1. The lowest BCUT2D eigenvalue weighted by Crippen LogP contribution is -2.44. The monoisotopic (exact) mass is 348 g/mol. The van der Waals surface area contributed by atoms with Gasteiger partial charge in [0.25, 0.3) is 0 Å². The van der Waals surface area contributed by atoms with Crippen molar-refractivity contribution in [1.29, 1.82) is 0 Å². The van der Waals surface area contributed by atoms with Crippen LogP contribution in [0.25, 0.3) is 0 Å². The number of carbonyl (C=O) groups is 1. The van der Waals surface area contributed by atoms with Crippen molar-refractivity contribution >= 4 is 11.9 Å². The smallest absolute Gasteiger partial charge is 0.224 e. The van der Waals surface area contributed by atoms with Gasteiger partial charge in [-0.1, -0.05) is 12.1 Å². The summed E-state index contributed by atoms with van der Waals surface area (Å²) >= 11 is 0. The number of hydrogen-bond acceptors (Lipinski definition) is 2. The van der Waals surface area contributed by atoms with Crippen LogP contribution in [-0.2, 0) is 11.3 Å². The second-order valence-electron chi connectivity index (χ2n) is 6.64. The maximum absolute atomic E-state index is 13.0. The first-order chi connectivity index (χ1) is 12.0. The first kappa shape index (κ1) is 19.2. The van der Waals surface area contributed by atoms with Crippen LogP contribution in [0.4, 0.5) is 4.39 Å². The van der Waals surface area contributed by atoms with Crippen LogP contribution in [0.5, 0.6) is 0 Å². The summed E-state index contributed by atoms with van der Waals surface area (Å²) in [5.41, 5.74) is 1.00. The molecule has 1 atom stereocenters. The van der Waals surface area contributed by atoms with E-state index in [1.807, 2.05) is 16.8 Å². The zero-order valence-electron chi connectivity index (χ0n) is 15.5. The summed E-state index contributed by atoms with van der Waals surface area (Å²) in [6.45, 7) is 4.18. The molecule has 0 aromatic heterocycles. The van der Waals surface area contributed by atoms with Gasteiger partial charge in [0, 0.05) is 46.2 Å². The summed E-state index contributed by atoms with van der Waals surface area (Å²) in [5.74, 6) is 0.694. The molecule has 2 rings (SSSR count). The number of nitrogens with one attached hydrogen (secondary N) is 1. The molecule has 1 heterocycles. The third kappa shape index (κ3) is 5.73. The van der Waals surface area contributed by atoms with Gasteiger partial charge in [0.05, 0.1) is 0 Å². The van der Waals surface area contributed by atoms with Gasteiger partial charge in [-0.3, -0.25) is 9.79 Å². The van der Waals surface area contributed by atoms with E-state index in [4.69, 9.17) is 0 Å². The minimum absolute atomic E-state index is 0.205. The molecule has 1 aliphatic heterocycles. The van der Waals surface area contributed by atoms with Gasteiger partial charge in [-0.15, -0.1) is 0 Å². The van der Waals surface area contributed by atoms with Crippen LogP contribution in [0.3, 0.4) is 0 Å². The Morgan fingerprint density at radius 3 is 2.72 bits per heavy atom. The number of amides is 1. The predicted octanol–water partition coefficient (Wildman–Crippen LogP) is 2.62. The summed E-state index contributed by atoms with van der Waals surface area (Å²) in [6, 6.07) is 6.79. The molecule has 0 bridgehead atoms. The molecular formula is C19H29FN4O. The Morgan fingerprint density at radius 1 is 1.36 bits per heavy atom. The molecule has 138 valence electrons. The number of carbonyl (C=O) groups excluding carboxylic acids is 1. The van der Waals surface area contributed by atoms with E-state index in [0.717, 1.165) is 30.9 Å². The fourth-order valence-electron chi connectivity index (χ4n) is 3.22. The molecule has 1 unspecified atom stereocenters. The maximum atomic E-state index is 13.0. The minimum atomic E-state index is -0.237. The highest BCUT2D eigenvalue weighted by Crippen LogP contribution is 2.17. The highest BCUT2D eigenvalue weighted by Gasteiger charge is 2.22. The van der Waals surface area contributed by atoms with E-state index in [-0.39, 0.29) is 11.7 Å². The lowest BCUT2D eigenvalue weighted by Gasteiger charge is -2.33. The van der Waals surface area contributed by atoms with E-state index in [0.29, 0.717) is 25.6 Å². The van der Waals surface area contributed by atoms with Crippen molar-refractivity contribution in [2.24, 2.45) is 4.99 Å². The Hall–Kier alpha value is -2.11. The molecule has 1 saturated heterocycles. The average molecular weight is 348 g/mol. The van der Waals surface area contributed by atoms with Gasteiger partial charge in [0.2, 0.25) is 5.91 Å². The SMILES string of the molecule is CN=C(NCCC(=O)N1CCCCC1C)N(C)Cc1ccc(F)cc1. The quantitative estimate of drug-likeness (QED) is 0.657. The van der Waals surface area contributed by atoms with Gasteiger partial charge in [0.15, 0.2) is 5.96 Å². The second kappa shape index (κ2) is 9.39. The van der Waals surface area contributed by atoms with Gasteiger partial charge in [-0.05, 0) is 43.9 Å². The molecule has 0 radical (unpaired) electrons. The van der Waals surface area contributed by atoms with Crippen molar-refractivity contribution in [3.8, 4) is 0 Å². The van der Waals surface area contributed by atoms with Crippen LogP contribution >= 0.6 is 0 Å². The van der Waals surface area contributed by atoms with Crippen LogP contribution in [-0.4, -0.2) is 54.9 Å². The fourth-order valence-corrected chi connectivity index (χ4v) is 3.22. The van der Waals surface area contributed by atoms with Crippen LogP contribution in [0.15, 0.2) is 29.3 Å². The fraction of sp³-hybridized carbons (Fsp3) is 0.579. The van der Waals surface area contributed by atoms with Gasteiger partial charge < -0.3 is 15.1 Å². The average Bonchev–Trinajstić information content (AvgIpc) is 2.60. The summed E-state index contributed by atoms with van der Waals surface area (Å²) in [5, 5.41) is 3.24. The van der Waals surface area contributed by atoms with Gasteiger partial charge in [0.1, 0.15) is 5.82 Å². The third-order valence-corrected chi connectivity index (χ3v) is 4.65. The van der Waals surface area contributed by atoms with Crippen molar-refractivity contribution in [2.45, 2.75) is 45.2 Å². The van der Waals surface area contributed by atoms with E-state index in [9.17, 15) is 9.18 Å². The minimum Gasteiger partial charge on any atom is -0.356 e. The number of likely N-dealkylation sites (tertiary alicyclic amines) is 1. The Balaban J connectivity index is 1.79. The molecule has 5 nitrogen and oxygen atoms in total. The number of rotatable bonds is 5. The Bertz CT molecular complexity index is 588. The van der Waals surface area contributed by atoms with Crippen molar-refractivity contribution < 1.29 is 9.18 Å². The molecule has 1 fully saturated rings. The molecule has 25 heavy (non-hydrogen) atoms. The second-order valence-corrected chi connectivity index (χ2v) is 6.64. The van der Waals surface area contributed by atoms with E-state index in [1.54, 1.807) is 19.2 Å². The standard InChI is InChI=1S/C19H29FN4O/c1-15-6-4-5-13-24(15)18(25)11-12-22-19(21-2)23(3)14-16-7-9-17(20)10-8-16/h7-10,15H,4-6,11-14H2,1-3H3,(H,21,22). The molecule has 1 aliphatic rings. The summed E-state index contributed by atoms with van der Waals surface area (Å²) < 4.78 is 13.0. The Morgan fingerprint density at radius 2 is 2.08 bits per heavy atom. The first-order valence-electron chi connectivity index (χ1n) is 8.97. The number of piperidine rings is 1. The predicted molar refractivity (Wildman–Crippen MR) is 98.9 cm³/mol. The van der Waals surface area contributed by atoms with Crippen molar-refractivity contribution in [1.82, 2.24) is 15.1 Å². The van der Waals surface area contributed by atoms with Gasteiger partial charge in [-0.25, -0.2) is 4.39 Å². The van der Waals surface area contributed by atoms with Crippen molar-refractivity contribution in [3.05, 3.63) is 35.6 Å². The van der Waals surface area contributed by atoms with Crippen LogP contribution in [0.1, 0.15) is 38.2 Å². The Kier molecular flexibility index (Phi) is 7.22. The number of aliphatic imine (C=N–C) groups is 1. The zero-order chi connectivity index (χ0) is 18.2. The third-order valence-electron chi connectivity index (χ3n) is 4.65. The number of benzene rings is 1. The van der Waals surface area contributed by atoms with Gasteiger partial charge >= 0.3 is 0 Å². The van der Waals surface area contributed by atoms with E-state index < -0.39 is 0 Å². The molecular weight excluding hydrogens is 319 g/mol. The molecule has 1 aromatic rings. The van der Waals surface area contributed by atoms with Crippen molar-refractivity contribution in [3.63, 3.8) is 0 Å². The molecule has 6 heteroatoms. The maximum Gasteiger partial charge on any atom is 0.224 e. The topological polar surface area (TPSA) is 47.9 Å². The summed E-state index contributed by atoms with van der Waals surface area (Å²) in [4.78, 5) is 20.6. The van der Waals surface area contributed by atoms with Crippen molar-refractivity contribution in [2.75, 3.05) is 27.2 Å². The largest absolute Gasteiger partial charge is 0.356 e. The molecule has 0 aliphatic carbocycles. The van der Waals surface area contributed by atoms with Crippen LogP contribution in [0.2, 0.25) is 0 Å². The molecule has 1 aromatic carbocycles. The van der Waals surface area contributed by atoms with Crippen LogP contribution < -0.4 is 5.32 Å².